The quantitative estimate of drug-likeness (QED) is 0.552. The normalized spacial score (nSPS) is 10.1. The van der Waals surface area contributed by atoms with Crippen molar-refractivity contribution in [1.29, 1.82) is 0 Å². The maximum Gasteiger partial charge on any atom is 0.253 e. The Kier molecular flexibility index (Phi) is 5.94. The van der Waals surface area contributed by atoms with Crippen LogP contribution in [0.2, 0.25) is 0 Å². The van der Waals surface area contributed by atoms with Gasteiger partial charge in [-0.15, -0.1) is 11.6 Å². The van der Waals surface area contributed by atoms with Crippen molar-refractivity contribution in [3.8, 4) is 0 Å². The van der Waals surface area contributed by atoms with Crippen molar-refractivity contribution >= 4 is 17.5 Å². The Morgan fingerprint density at radius 1 is 1.19 bits per heavy atom. The van der Waals surface area contributed by atoms with Crippen molar-refractivity contribution in [3.05, 3.63) is 35.9 Å². The third kappa shape index (κ3) is 4.23. The van der Waals surface area contributed by atoms with Crippen LogP contribution in [0.15, 0.2) is 30.3 Å². The summed E-state index contributed by atoms with van der Waals surface area (Å²) in [7, 11) is 1.84. The minimum atomic E-state index is 0.0893. The summed E-state index contributed by atoms with van der Waals surface area (Å²) >= 11 is 5.59. The third-order valence-electron chi connectivity index (χ3n) is 2.49. The highest BCUT2D eigenvalue weighted by molar-refractivity contribution is 6.17. The molecule has 1 aromatic rings. The zero-order chi connectivity index (χ0) is 11.8. The van der Waals surface area contributed by atoms with Crippen LogP contribution in [0, 0.1) is 0 Å². The standard InChI is InChI=1S/C13H18ClNO/c1-15(11-7-3-6-10-14)13(16)12-8-4-2-5-9-12/h2,4-5,8-9H,3,6-7,10-11H2,1H3. The zero-order valence-corrected chi connectivity index (χ0v) is 10.4. The molecule has 0 atom stereocenters. The van der Waals surface area contributed by atoms with Gasteiger partial charge in [-0.1, -0.05) is 24.6 Å². The van der Waals surface area contributed by atoms with Crippen LogP contribution in [-0.2, 0) is 0 Å². The zero-order valence-electron chi connectivity index (χ0n) is 9.66. The lowest BCUT2D eigenvalue weighted by atomic mass is 10.2. The van der Waals surface area contributed by atoms with Gasteiger partial charge < -0.3 is 4.90 Å². The molecule has 0 unspecified atom stereocenters. The molecule has 1 rings (SSSR count). The lowest BCUT2D eigenvalue weighted by Crippen LogP contribution is -2.27. The second kappa shape index (κ2) is 7.29. The average molecular weight is 240 g/mol. The first-order valence-electron chi connectivity index (χ1n) is 5.62. The fourth-order valence-electron chi connectivity index (χ4n) is 1.52. The number of nitrogens with zero attached hydrogens (tertiary/aromatic N) is 1. The number of halogens is 1. The van der Waals surface area contributed by atoms with Crippen LogP contribution in [0.1, 0.15) is 29.6 Å². The highest BCUT2D eigenvalue weighted by Crippen LogP contribution is 2.05. The van der Waals surface area contributed by atoms with Gasteiger partial charge in [-0.3, -0.25) is 4.79 Å². The maximum absolute atomic E-state index is 11.9. The molecular formula is C13H18ClNO. The van der Waals surface area contributed by atoms with Crippen LogP contribution in [0.5, 0.6) is 0 Å². The van der Waals surface area contributed by atoms with Gasteiger partial charge in [-0.2, -0.15) is 0 Å². The van der Waals surface area contributed by atoms with Crippen LogP contribution in [0.3, 0.4) is 0 Å². The Balaban J connectivity index is 2.37. The lowest BCUT2D eigenvalue weighted by Gasteiger charge is -2.16. The second-order valence-corrected chi connectivity index (χ2v) is 4.22. The minimum absolute atomic E-state index is 0.0893. The number of unbranched alkanes of at least 4 members (excludes halogenated alkanes) is 2. The largest absolute Gasteiger partial charge is 0.342 e. The highest BCUT2D eigenvalue weighted by atomic mass is 35.5. The summed E-state index contributed by atoms with van der Waals surface area (Å²) in [5.41, 5.74) is 0.752. The molecule has 0 bridgehead atoms. The smallest absolute Gasteiger partial charge is 0.253 e. The van der Waals surface area contributed by atoms with E-state index in [-0.39, 0.29) is 5.91 Å². The van der Waals surface area contributed by atoms with Gasteiger partial charge in [0.25, 0.3) is 5.91 Å². The molecule has 0 fully saturated rings. The summed E-state index contributed by atoms with van der Waals surface area (Å²) < 4.78 is 0. The number of hydrogen-bond acceptors (Lipinski definition) is 1. The van der Waals surface area contributed by atoms with Gasteiger partial charge in [0, 0.05) is 25.0 Å². The fourth-order valence-corrected chi connectivity index (χ4v) is 1.71. The van der Waals surface area contributed by atoms with E-state index in [4.69, 9.17) is 11.6 Å². The topological polar surface area (TPSA) is 20.3 Å². The molecule has 0 aliphatic carbocycles. The molecule has 0 saturated carbocycles. The summed E-state index contributed by atoms with van der Waals surface area (Å²) in [6.07, 6.45) is 3.12. The first kappa shape index (κ1) is 13.0. The van der Waals surface area contributed by atoms with Gasteiger partial charge >= 0.3 is 0 Å². The van der Waals surface area contributed by atoms with Gasteiger partial charge in [-0.25, -0.2) is 0 Å². The maximum atomic E-state index is 11.9. The van der Waals surface area contributed by atoms with E-state index in [9.17, 15) is 4.79 Å². The van der Waals surface area contributed by atoms with Crippen LogP contribution >= 0.6 is 11.6 Å². The Labute approximate surface area is 102 Å². The number of carbonyl (C=O) groups is 1. The summed E-state index contributed by atoms with van der Waals surface area (Å²) in [5, 5.41) is 0. The molecule has 3 heteroatoms. The first-order valence-corrected chi connectivity index (χ1v) is 6.15. The van der Waals surface area contributed by atoms with E-state index in [1.165, 1.54) is 0 Å². The van der Waals surface area contributed by atoms with Crippen LogP contribution in [0.4, 0.5) is 0 Å². The van der Waals surface area contributed by atoms with Crippen molar-refractivity contribution in [2.45, 2.75) is 19.3 Å². The lowest BCUT2D eigenvalue weighted by molar-refractivity contribution is 0.0792. The summed E-state index contributed by atoms with van der Waals surface area (Å²) in [6, 6.07) is 9.37. The monoisotopic (exact) mass is 239 g/mol. The van der Waals surface area contributed by atoms with E-state index in [2.05, 4.69) is 0 Å². The SMILES string of the molecule is CN(CCCCCCl)C(=O)c1ccccc1. The molecule has 0 N–H and O–H groups in total. The molecule has 0 aliphatic rings. The molecule has 0 radical (unpaired) electrons. The van der Waals surface area contributed by atoms with Crippen molar-refractivity contribution in [3.63, 3.8) is 0 Å². The first-order chi connectivity index (χ1) is 7.75. The Morgan fingerprint density at radius 2 is 1.88 bits per heavy atom. The highest BCUT2D eigenvalue weighted by Gasteiger charge is 2.09. The number of hydrogen-bond donors (Lipinski definition) is 0. The van der Waals surface area contributed by atoms with Gasteiger partial charge in [-0.05, 0) is 25.0 Å². The number of alkyl halides is 1. The molecule has 16 heavy (non-hydrogen) atoms. The third-order valence-corrected chi connectivity index (χ3v) is 2.76. The number of benzene rings is 1. The minimum Gasteiger partial charge on any atom is -0.342 e. The van der Waals surface area contributed by atoms with Gasteiger partial charge in [0.1, 0.15) is 0 Å². The number of carbonyl (C=O) groups excluding carboxylic acids is 1. The Hall–Kier alpha value is -1.02. The molecule has 1 aromatic carbocycles. The molecule has 0 aromatic heterocycles. The van der Waals surface area contributed by atoms with E-state index < -0.39 is 0 Å². The van der Waals surface area contributed by atoms with Crippen LogP contribution in [0.25, 0.3) is 0 Å². The summed E-state index contributed by atoms with van der Waals surface area (Å²) in [6.45, 7) is 0.796. The summed E-state index contributed by atoms with van der Waals surface area (Å²) in [4.78, 5) is 13.7. The van der Waals surface area contributed by atoms with E-state index in [0.29, 0.717) is 5.88 Å². The average Bonchev–Trinajstić information content (AvgIpc) is 2.34. The molecule has 0 heterocycles. The van der Waals surface area contributed by atoms with Crippen molar-refractivity contribution < 1.29 is 4.79 Å². The molecule has 2 nitrogen and oxygen atoms in total. The molecule has 0 spiro atoms. The van der Waals surface area contributed by atoms with Crippen molar-refractivity contribution in [1.82, 2.24) is 4.90 Å². The predicted molar refractivity (Wildman–Crippen MR) is 68.0 cm³/mol. The van der Waals surface area contributed by atoms with E-state index in [0.717, 1.165) is 31.4 Å². The molecule has 0 saturated heterocycles. The predicted octanol–water partition coefficient (Wildman–Crippen LogP) is 3.17. The van der Waals surface area contributed by atoms with Crippen LogP contribution in [-0.4, -0.2) is 30.3 Å². The van der Waals surface area contributed by atoms with E-state index in [1.807, 2.05) is 37.4 Å². The molecule has 1 amide bonds. The Bertz CT molecular complexity index is 313. The number of rotatable bonds is 6. The van der Waals surface area contributed by atoms with E-state index in [1.54, 1.807) is 4.90 Å². The van der Waals surface area contributed by atoms with E-state index >= 15 is 0 Å². The van der Waals surface area contributed by atoms with Gasteiger partial charge in [0.15, 0.2) is 0 Å². The van der Waals surface area contributed by atoms with Crippen molar-refractivity contribution in [2.75, 3.05) is 19.5 Å². The number of amides is 1. The van der Waals surface area contributed by atoms with Gasteiger partial charge in [0.05, 0.1) is 0 Å². The Morgan fingerprint density at radius 3 is 2.50 bits per heavy atom. The second-order valence-electron chi connectivity index (χ2n) is 3.84. The van der Waals surface area contributed by atoms with Gasteiger partial charge in [0.2, 0.25) is 0 Å². The van der Waals surface area contributed by atoms with Crippen LogP contribution < -0.4 is 0 Å². The molecule has 88 valence electrons. The fraction of sp³-hybridized carbons (Fsp3) is 0.462. The molecule has 0 aliphatic heterocycles. The van der Waals surface area contributed by atoms with Crippen molar-refractivity contribution in [2.24, 2.45) is 0 Å². The summed E-state index contributed by atoms with van der Waals surface area (Å²) in [5.74, 6) is 0.794. The molecular weight excluding hydrogens is 222 g/mol.